The maximum atomic E-state index is 9.41. The predicted molar refractivity (Wildman–Crippen MR) is 68.4 cm³/mol. The van der Waals surface area contributed by atoms with Crippen LogP contribution >= 0.6 is 0 Å². The van der Waals surface area contributed by atoms with Gasteiger partial charge in [-0.3, -0.25) is 0 Å². The molecule has 1 aliphatic rings. The minimum atomic E-state index is 0.196. The van der Waals surface area contributed by atoms with Gasteiger partial charge < -0.3 is 14.9 Å². The molecule has 5 nitrogen and oxygen atoms in total. The Kier molecular flexibility index (Phi) is 3.78. The third kappa shape index (κ3) is 2.66. The largest absolute Gasteiger partial charge is 0.394 e. The fraction of sp³-hybridized carbons (Fsp3) is 0.667. The average Bonchev–Trinajstić information content (AvgIpc) is 2.39. The van der Waals surface area contributed by atoms with Crippen molar-refractivity contribution < 1.29 is 5.11 Å². The molecule has 2 heterocycles. The molecule has 1 atom stereocenters. The summed E-state index contributed by atoms with van der Waals surface area (Å²) in [5, 5.41) is 9.41. The van der Waals surface area contributed by atoms with Crippen LogP contribution in [0.2, 0.25) is 0 Å². The first-order chi connectivity index (χ1) is 8.22. The van der Waals surface area contributed by atoms with Gasteiger partial charge in [0.15, 0.2) is 0 Å². The van der Waals surface area contributed by atoms with Crippen molar-refractivity contribution >= 4 is 11.8 Å². The lowest BCUT2D eigenvalue weighted by atomic mass is 10.0. The van der Waals surface area contributed by atoms with Crippen LogP contribution in [-0.2, 0) is 0 Å². The molecule has 1 aromatic heterocycles. The van der Waals surface area contributed by atoms with Gasteiger partial charge in [0, 0.05) is 26.8 Å². The molecule has 2 rings (SSSR count). The monoisotopic (exact) mass is 236 g/mol. The normalized spacial score (nSPS) is 20.4. The van der Waals surface area contributed by atoms with Crippen LogP contribution in [-0.4, -0.2) is 48.4 Å². The molecule has 1 fully saturated rings. The Hall–Kier alpha value is -1.36. The molecule has 0 spiro atoms. The molecule has 0 amide bonds. The summed E-state index contributed by atoms with van der Waals surface area (Å²) >= 11 is 0. The molecule has 1 N–H and O–H groups in total. The van der Waals surface area contributed by atoms with E-state index in [9.17, 15) is 5.11 Å². The van der Waals surface area contributed by atoms with E-state index in [1.54, 1.807) is 6.20 Å². The van der Waals surface area contributed by atoms with E-state index in [0.29, 0.717) is 5.95 Å². The molecule has 17 heavy (non-hydrogen) atoms. The zero-order chi connectivity index (χ0) is 12.3. The highest BCUT2D eigenvalue weighted by Gasteiger charge is 2.23. The van der Waals surface area contributed by atoms with Gasteiger partial charge >= 0.3 is 0 Å². The minimum Gasteiger partial charge on any atom is -0.394 e. The molecule has 94 valence electrons. The van der Waals surface area contributed by atoms with E-state index in [0.717, 1.165) is 25.2 Å². The highest BCUT2D eigenvalue weighted by molar-refractivity contribution is 5.44. The van der Waals surface area contributed by atoms with Crippen LogP contribution < -0.4 is 9.80 Å². The van der Waals surface area contributed by atoms with Crippen LogP contribution in [0.3, 0.4) is 0 Å². The van der Waals surface area contributed by atoms with Gasteiger partial charge in [0.05, 0.1) is 12.6 Å². The number of nitrogens with zero attached hydrogens (tertiary/aromatic N) is 4. The summed E-state index contributed by atoms with van der Waals surface area (Å²) < 4.78 is 0. The molecule has 1 saturated heterocycles. The summed E-state index contributed by atoms with van der Waals surface area (Å²) in [6, 6.07) is 2.12. The van der Waals surface area contributed by atoms with Crippen molar-refractivity contribution in [3.8, 4) is 0 Å². The van der Waals surface area contributed by atoms with Crippen LogP contribution in [0.4, 0.5) is 11.8 Å². The number of hydrogen-bond donors (Lipinski definition) is 1. The van der Waals surface area contributed by atoms with Gasteiger partial charge in [0.1, 0.15) is 5.82 Å². The van der Waals surface area contributed by atoms with Crippen molar-refractivity contribution in [2.45, 2.75) is 25.3 Å². The van der Waals surface area contributed by atoms with Gasteiger partial charge in [-0.05, 0) is 25.3 Å². The number of aliphatic hydroxyl groups is 1. The van der Waals surface area contributed by atoms with E-state index in [2.05, 4.69) is 14.9 Å². The number of rotatable bonds is 3. The highest BCUT2D eigenvalue weighted by Crippen LogP contribution is 2.23. The summed E-state index contributed by atoms with van der Waals surface area (Å²) in [4.78, 5) is 12.8. The molecular formula is C12H20N4O. The van der Waals surface area contributed by atoms with Gasteiger partial charge in [0.25, 0.3) is 0 Å². The lowest BCUT2D eigenvalue weighted by Gasteiger charge is -2.35. The third-order valence-electron chi connectivity index (χ3n) is 3.16. The first kappa shape index (κ1) is 12.1. The lowest BCUT2D eigenvalue weighted by molar-refractivity contribution is 0.239. The van der Waals surface area contributed by atoms with E-state index >= 15 is 0 Å². The fourth-order valence-corrected chi connectivity index (χ4v) is 2.21. The molecule has 5 heteroatoms. The first-order valence-corrected chi connectivity index (χ1v) is 6.10. The topological polar surface area (TPSA) is 52.5 Å². The van der Waals surface area contributed by atoms with Crippen molar-refractivity contribution in [1.29, 1.82) is 0 Å². The molecule has 0 aliphatic carbocycles. The fourth-order valence-electron chi connectivity index (χ4n) is 2.21. The molecule has 0 bridgehead atoms. The molecule has 1 unspecified atom stereocenters. The summed E-state index contributed by atoms with van der Waals surface area (Å²) in [6.07, 6.45) is 5.17. The van der Waals surface area contributed by atoms with Crippen LogP contribution in [0, 0.1) is 0 Å². The Morgan fingerprint density at radius 1 is 1.47 bits per heavy atom. The molecule has 1 aliphatic heterocycles. The van der Waals surface area contributed by atoms with E-state index < -0.39 is 0 Å². The molecule has 0 radical (unpaired) electrons. The maximum absolute atomic E-state index is 9.41. The Bertz CT molecular complexity index is 369. The maximum Gasteiger partial charge on any atom is 0.226 e. The molecule has 0 aromatic carbocycles. The van der Waals surface area contributed by atoms with Crippen molar-refractivity contribution in [2.75, 3.05) is 37.0 Å². The second-order valence-corrected chi connectivity index (χ2v) is 4.63. The molecule has 0 saturated carbocycles. The third-order valence-corrected chi connectivity index (χ3v) is 3.16. The van der Waals surface area contributed by atoms with E-state index in [1.165, 1.54) is 6.42 Å². The summed E-state index contributed by atoms with van der Waals surface area (Å²) in [6.45, 7) is 1.16. The zero-order valence-electron chi connectivity index (χ0n) is 10.5. The van der Waals surface area contributed by atoms with Crippen molar-refractivity contribution in [1.82, 2.24) is 9.97 Å². The highest BCUT2D eigenvalue weighted by atomic mass is 16.3. The number of anilines is 2. The van der Waals surface area contributed by atoms with E-state index in [1.807, 2.05) is 25.1 Å². The van der Waals surface area contributed by atoms with Gasteiger partial charge in [-0.25, -0.2) is 4.98 Å². The van der Waals surface area contributed by atoms with Gasteiger partial charge in [-0.2, -0.15) is 4.98 Å². The summed E-state index contributed by atoms with van der Waals surface area (Å²) in [5.41, 5.74) is 0. The van der Waals surface area contributed by atoms with Crippen LogP contribution in [0.15, 0.2) is 12.3 Å². The Balaban J connectivity index is 2.22. The summed E-state index contributed by atoms with van der Waals surface area (Å²) in [5.74, 6) is 1.63. The van der Waals surface area contributed by atoms with Gasteiger partial charge in [-0.15, -0.1) is 0 Å². The minimum absolute atomic E-state index is 0.196. The number of hydrogen-bond acceptors (Lipinski definition) is 5. The van der Waals surface area contributed by atoms with Crippen molar-refractivity contribution in [3.05, 3.63) is 12.3 Å². The first-order valence-electron chi connectivity index (χ1n) is 6.10. The lowest BCUT2D eigenvalue weighted by Crippen LogP contribution is -2.42. The zero-order valence-corrected chi connectivity index (χ0v) is 10.5. The standard InChI is InChI=1S/C12H20N4O/c1-15(2)12-13-7-6-11(14-12)16-8-4-3-5-10(16)9-17/h6-7,10,17H,3-5,8-9H2,1-2H3. The quantitative estimate of drug-likeness (QED) is 0.845. The SMILES string of the molecule is CN(C)c1nccc(N2CCCCC2CO)n1. The van der Waals surface area contributed by atoms with Crippen molar-refractivity contribution in [3.63, 3.8) is 0 Å². The number of aliphatic hydroxyl groups excluding tert-OH is 1. The Morgan fingerprint density at radius 2 is 2.29 bits per heavy atom. The average molecular weight is 236 g/mol. The van der Waals surface area contributed by atoms with Gasteiger partial charge in [0.2, 0.25) is 5.95 Å². The van der Waals surface area contributed by atoms with Crippen LogP contribution in [0.5, 0.6) is 0 Å². The predicted octanol–water partition coefficient (Wildman–Crippen LogP) is 0.894. The van der Waals surface area contributed by atoms with Crippen LogP contribution in [0.25, 0.3) is 0 Å². The second kappa shape index (κ2) is 5.31. The number of aromatic nitrogens is 2. The second-order valence-electron chi connectivity index (χ2n) is 4.63. The van der Waals surface area contributed by atoms with E-state index in [-0.39, 0.29) is 12.6 Å². The smallest absolute Gasteiger partial charge is 0.226 e. The Labute approximate surface area is 102 Å². The molecule has 1 aromatic rings. The van der Waals surface area contributed by atoms with Crippen molar-refractivity contribution in [2.24, 2.45) is 0 Å². The van der Waals surface area contributed by atoms with E-state index in [4.69, 9.17) is 0 Å². The Morgan fingerprint density at radius 3 is 3.00 bits per heavy atom. The summed E-state index contributed by atoms with van der Waals surface area (Å²) in [7, 11) is 3.86. The van der Waals surface area contributed by atoms with Gasteiger partial charge in [-0.1, -0.05) is 0 Å². The van der Waals surface area contributed by atoms with Crippen LogP contribution in [0.1, 0.15) is 19.3 Å². The molecular weight excluding hydrogens is 216 g/mol. The number of piperidine rings is 1.